The standard InChI is InChI=1S/C23H25FN2O2.CH4/c1-25-13-10-18(11-14-25)22(27)23(28)26-15-12-16-4-2-3-5-20(16)21(26)17-6-8-19(24)9-7-17;/h2-9,18,21H,10-15H2,1H3;1H4/t21-;/m0./s1. The Morgan fingerprint density at radius 2 is 1.62 bits per heavy atom. The molecule has 2 aliphatic heterocycles. The van der Waals surface area contributed by atoms with Crippen molar-refractivity contribution in [3.63, 3.8) is 0 Å². The highest BCUT2D eigenvalue weighted by atomic mass is 19.1. The van der Waals surface area contributed by atoms with Crippen LogP contribution < -0.4 is 0 Å². The molecule has 2 heterocycles. The number of likely N-dealkylation sites (tertiary alicyclic amines) is 1. The fourth-order valence-electron chi connectivity index (χ4n) is 4.38. The second kappa shape index (κ2) is 8.87. The van der Waals surface area contributed by atoms with Crippen LogP contribution in [-0.2, 0) is 16.0 Å². The van der Waals surface area contributed by atoms with Crippen LogP contribution in [-0.4, -0.2) is 48.2 Å². The van der Waals surface area contributed by atoms with Gasteiger partial charge in [0.25, 0.3) is 5.91 Å². The second-order valence-corrected chi connectivity index (χ2v) is 7.84. The lowest BCUT2D eigenvalue weighted by molar-refractivity contribution is -0.148. The average molecular weight is 397 g/mol. The maximum Gasteiger partial charge on any atom is 0.291 e. The topological polar surface area (TPSA) is 40.6 Å². The summed E-state index contributed by atoms with van der Waals surface area (Å²) >= 11 is 0. The number of piperidine rings is 1. The molecule has 4 nitrogen and oxygen atoms in total. The predicted molar refractivity (Wildman–Crippen MR) is 112 cm³/mol. The molecule has 0 aliphatic carbocycles. The third-order valence-corrected chi connectivity index (χ3v) is 6.03. The smallest absolute Gasteiger partial charge is 0.291 e. The largest absolute Gasteiger partial charge is 0.325 e. The molecule has 1 amide bonds. The van der Waals surface area contributed by atoms with E-state index in [1.54, 1.807) is 17.0 Å². The van der Waals surface area contributed by atoms with Gasteiger partial charge in [-0.05, 0) is 68.2 Å². The van der Waals surface area contributed by atoms with Crippen LogP contribution in [0.5, 0.6) is 0 Å². The van der Waals surface area contributed by atoms with Crippen molar-refractivity contribution in [1.29, 1.82) is 0 Å². The fraction of sp³-hybridized carbons (Fsp3) is 0.417. The number of ketones is 1. The molecular weight excluding hydrogens is 367 g/mol. The Morgan fingerprint density at radius 3 is 2.31 bits per heavy atom. The predicted octanol–water partition coefficient (Wildman–Crippen LogP) is 3.85. The van der Waals surface area contributed by atoms with E-state index in [-0.39, 0.29) is 31.0 Å². The molecule has 154 valence electrons. The summed E-state index contributed by atoms with van der Waals surface area (Å²) < 4.78 is 13.5. The van der Waals surface area contributed by atoms with Crippen LogP contribution in [0.25, 0.3) is 0 Å². The van der Waals surface area contributed by atoms with Gasteiger partial charge in [-0.2, -0.15) is 0 Å². The molecular formula is C24H29FN2O2. The minimum absolute atomic E-state index is 0. The molecule has 4 rings (SSSR count). The Bertz CT molecular complexity index is 873. The number of fused-ring (bicyclic) bond motifs is 1. The van der Waals surface area contributed by atoms with Gasteiger partial charge in [-0.1, -0.05) is 43.8 Å². The molecule has 0 radical (unpaired) electrons. The van der Waals surface area contributed by atoms with Gasteiger partial charge in [0.05, 0.1) is 6.04 Å². The molecule has 2 aliphatic rings. The van der Waals surface area contributed by atoms with Crippen molar-refractivity contribution < 1.29 is 14.0 Å². The first kappa shape index (κ1) is 21.2. The molecule has 0 unspecified atom stereocenters. The minimum atomic E-state index is -0.404. The molecule has 2 aromatic carbocycles. The van der Waals surface area contributed by atoms with Gasteiger partial charge in [0.2, 0.25) is 5.78 Å². The third kappa shape index (κ3) is 4.25. The van der Waals surface area contributed by atoms with Gasteiger partial charge >= 0.3 is 0 Å². The number of carbonyl (C=O) groups is 2. The summed E-state index contributed by atoms with van der Waals surface area (Å²) in [6, 6.07) is 13.9. The Kier molecular flexibility index (Phi) is 6.48. The maximum atomic E-state index is 13.5. The first-order valence-corrected chi connectivity index (χ1v) is 9.91. The second-order valence-electron chi connectivity index (χ2n) is 7.84. The van der Waals surface area contributed by atoms with Crippen LogP contribution in [0.2, 0.25) is 0 Å². The number of Topliss-reactive ketones (excluding diaryl/α,β-unsaturated/α-hetero) is 1. The van der Waals surface area contributed by atoms with Crippen LogP contribution >= 0.6 is 0 Å². The molecule has 0 saturated carbocycles. The van der Waals surface area contributed by atoms with Gasteiger partial charge in [0.1, 0.15) is 5.82 Å². The fourth-order valence-corrected chi connectivity index (χ4v) is 4.38. The van der Waals surface area contributed by atoms with E-state index in [0.717, 1.165) is 43.5 Å². The number of nitrogens with zero attached hydrogens (tertiary/aromatic N) is 2. The lowest BCUT2D eigenvalue weighted by Gasteiger charge is -2.38. The lowest BCUT2D eigenvalue weighted by Crippen LogP contribution is -2.47. The average Bonchev–Trinajstić information content (AvgIpc) is 2.73. The van der Waals surface area contributed by atoms with Crippen molar-refractivity contribution in [2.75, 3.05) is 26.7 Å². The van der Waals surface area contributed by atoms with Crippen molar-refractivity contribution in [2.45, 2.75) is 32.7 Å². The highest BCUT2D eigenvalue weighted by molar-refractivity contribution is 6.37. The summed E-state index contributed by atoms with van der Waals surface area (Å²) in [5.41, 5.74) is 3.02. The molecule has 5 heteroatoms. The Hall–Kier alpha value is -2.53. The van der Waals surface area contributed by atoms with Crippen molar-refractivity contribution in [3.05, 3.63) is 71.0 Å². The number of halogens is 1. The molecule has 0 aromatic heterocycles. The van der Waals surface area contributed by atoms with E-state index in [0.29, 0.717) is 6.54 Å². The Labute approximate surface area is 172 Å². The quantitative estimate of drug-likeness (QED) is 0.740. The number of benzene rings is 2. The van der Waals surface area contributed by atoms with Crippen molar-refractivity contribution >= 4 is 11.7 Å². The molecule has 2 aromatic rings. The van der Waals surface area contributed by atoms with E-state index >= 15 is 0 Å². The molecule has 0 N–H and O–H groups in total. The van der Waals surface area contributed by atoms with E-state index < -0.39 is 5.91 Å². The van der Waals surface area contributed by atoms with Crippen LogP contribution in [0.3, 0.4) is 0 Å². The molecule has 1 saturated heterocycles. The first-order chi connectivity index (χ1) is 13.5. The minimum Gasteiger partial charge on any atom is -0.325 e. The van der Waals surface area contributed by atoms with Crippen LogP contribution in [0.4, 0.5) is 4.39 Å². The Morgan fingerprint density at radius 1 is 0.966 bits per heavy atom. The zero-order chi connectivity index (χ0) is 19.7. The van der Waals surface area contributed by atoms with Gasteiger partial charge in [0.15, 0.2) is 0 Å². The summed E-state index contributed by atoms with van der Waals surface area (Å²) in [4.78, 5) is 30.1. The third-order valence-electron chi connectivity index (χ3n) is 6.03. The van der Waals surface area contributed by atoms with Crippen LogP contribution in [0, 0.1) is 11.7 Å². The highest BCUT2D eigenvalue weighted by Crippen LogP contribution is 2.36. The molecule has 1 fully saturated rings. The first-order valence-electron chi connectivity index (χ1n) is 9.91. The van der Waals surface area contributed by atoms with Gasteiger partial charge in [-0.25, -0.2) is 4.39 Å². The van der Waals surface area contributed by atoms with Crippen molar-refractivity contribution in [3.8, 4) is 0 Å². The van der Waals surface area contributed by atoms with E-state index in [4.69, 9.17) is 0 Å². The van der Waals surface area contributed by atoms with Gasteiger partial charge in [0, 0.05) is 12.5 Å². The number of hydrogen-bond donors (Lipinski definition) is 0. The number of hydrogen-bond acceptors (Lipinski definition) is 3. The number of amides is 1. The van der Waals surface area contributed by atoms with Crippen molar-refractivity contribution in [2.24, 2.45) is 5.92 Å². The molecule has 29 heavy (non-hydrogen) atoms. The highest BCUT2D eigenvalue weighted by Gasteiger charge is 2.37. The summed E-state index contributed by atoms with van der Waals surface area (Å²) in [5.74, 6) is -1.19. The van der Waals surface area contributed by atoms with E-state index in [1.807, 2.05) is 25.2 Å². The monoisotopic (exact) mass is 396 g/mol. The normalized spacial score (nSPS) is 19.9. The zero-order valence-electron chi connectivity index (χ0n) is 16.1. The zero-order valence-corrected chi connectivity index (χ0v) is 16.1. The summed E-state index contributed by atoms with van der Waals surface area (Å²) in [7, 11) is 2.04. The van der Waals surface area contributed by atoms with Gasteiger partial charge in [-0.3, -0.25) is 9.59 Å². The number of rotatable bonds is 3. The van der Waals surface area contributed by atoms with Crippen LogP contribution in [0.1, 0.15) is 43.0 Å². The van der Waals surface area contributed by atoms with E-state index in [9.17, 15) is 14.0 Å². The molecule has 0 bridgehead atoms. The molecule has 1 atom stereocenters. The Balaban J connectivity index is 0.00000240. The SMILES string of the molecule is C.CN1CCC(C(=O)C(=O)N2CCc3ccccc3[C@@H]2c2ccc(F)cc2)CC1. The summed E-state index contributed by atoms with van der Waals surface area (Å²) in [6.07, 6.45) is 2.18. The maximum absolute atomic E-state index is 13.5. The molecule has 0 spiro atoms. The summed E-state index contributed by atoms with van der Waals surface area (Å²) in [5, 5.41) is 0. The van der Waals surface area contributed by atoms with Gasteiger partial charge in [-0.15, -0.1) is 0 Å². The van der Waals surface area contributed by atoms with Gasteiger partial charge < -0.3 is 9.80 Å². The van der Waals surface area contributed by atoms with Crippen LogP contribution in [0.15, 0.2) is 48.5 Å². The van der Waals surface area contributed by atoms with E-state index in [2.05, 4.69) is 11.0 Å². The van der Waals surface area contributed by atoms with Crippen molar-refractivity contribution in [1.82, 2.24) is 9.80 Å². The van der Waals surface area contributed by atoms with E-state index in [1.165, 1.54) is 17.7 Å². The number of carbonyl (C=O) groups excluding carboxylic acids is 2. The lowest BCUT2D eigenvalue weighted by atomic mass is 9.86. The summed E-state index contributed by atoms with van der Waals surface area (Å²) in [6.45, 7) is 2.18.